The van der Waals surface area contributed by atoms with E-state index in [0.29, 0.717) is 5.56 Å². The number of nitrogens with one attached hydrogen (secondary N) is 1. The lowest BCUT2D eigenvalue weighted by Crippen LogP contribution is -2.47. The Morgan fingerprint density at radius 1 is 0.806 bits per heavy atom. The monoisotopic (exact) mass is 417 g/mol. The molecule has 4 aromatic rings. The van der Waals surface area contributed by atoms with Crippen molar-refractivity contribution in [1.82, 2.24) is 9.88 Å². The average Bonchev–Trinajstić information content (AvgIpc) is 3.20. The molecule has 1 saturated heterocycles. The van der Waals surface area contributed by atoms with Crippen molar-refractivity contribution in [3.05, 3.63) is 90.1 Å². The molecule has 2 heterocycles. The number of rotatable bonds is 5. The summed E-state index contributed by atoms with van der Waals surface area (Å²) in [6.45, 7) is 4.62. The molecule has 0 radical (unpaired) electrons. The quantitative estimate of drug-likeness (QED) is 0.465. The SMILES string of the molecule is Fc1ccc2[nH]cc(CCN3CCN(c4ccccc4-c4ccccc4F)CC3)c2c1. The van der Waals surface area contributed by atoms with Gasteiger partial charge in [-0.25, -0.2) is 8.78 Å². The van der Waals surface area contributed by atoms with Gasteiger partial charge in [0, 0.05) is 66.6 Å². The molecular formula is C26H25F2N3. The third-order valence-corrected chi connectivity index (χ3v) is 6.21. The highest BCUT2D eigenvalue weighted by atomic mass is 19.1. The highest BCUT2D eigenvalue weighted by Gasteiger charge is 2.20. The molecule has 0 unspecified atom stereocenters. The van der Waals surface area contributed by atoms with Crippen LogP contribution in [0.2, 0.25) is 0 Å². The molecule has 3 aromatic carbocycles. The first kappa shape index (κ1) is 19.8. The van der Waals surface area contributed by atoms with Crippen LogP contribution >= 0.6 is 0 Å². The lowest BCUT2D eigenvalue weighted by atomic mass is 10.0. The van der Waals surface area contributed by atoms with Crippen molar-refractivity contribution in [3.63, 3.8) is 0 Å². The van der Waals surface area contributed by atoms with Crippen LogP contribution in [-0.2, 0) is 6.42 Å². The van der Waals surface area contributed by atoms with E-state index in [2.05, 4.69) is 20.9 Å². The van der Waals surface area contributed by atoms with Gasteiger partial charge >= 0.3 is 0 Å². The first-order valence-electron chi connectivity index (χ1n) is 10.8. The zero-order valence-corrected chi connectivity index (χ0v) is 17.3. The molecule has 1 aromatic heterocycles. The van der Waals surface area contributed by atoms with Crippen molar-refractivity contribution in [2.24, 2.45) is 0 Å². The van der Waals surface area contributed by atoms with Crippen molar-refractivity contribution in [3.8, 4) is 11.1 Å². The molecular weight excluding hydrogens is 392 g/mol. The first-order valence-corrected chi connectivity index (χ1v) is 10.8. The second kappa shape index (κ2) is 8.52. The number of hydrogen-bond acceptors (Lipinski definition) is 2. The molecule has 1 N–H and O–H groups in total. The molecule has 0 bridgehead atoms. The van der Waals surface area contributed by atoms with Crippen LogP contribution < -0.4 is 4.90 Å². The number of aromatic amines is 1. The van der Waals surface area contributed by atoms with E-state index in [-0.39, 0.29) is 11.6 Å². The summed E-state index contributed by atoms with van der Waals surface area (Å²) in [7, 11) is 0. The second-order valence-corrected chi connectivity index (χ2v) is 8.08. The van der Waals surface area contributed by atoms with Crippen molar-refractivity contribution in [1.29, 1.82) is 0 Å². The van der Waals surface area contributed by atoms with Gasteiger partial charge in [-0.1, -0.05) is 36.4 Å². The number of benzene rings is 3. The Hall–Kier alpha value is -3.18. The molecule has 5 rings (SSSR count). The van der Waals surface area contributed by atoms with E-state index >= 15 is 0 Å². The number of para-hydroxylation sites is 1. The minimum atomic E-state index is -0.199. The smallest absolute Gasteiger partial charge is 0.131 e. The van der Waals surface area contributed by atoms with Crippen LogP contribution in [0.3, 0.4) is 0 Å². The zero-order valence-electron chi connectivity index (χ0n) is 17.3. The molecule has 31 heavy (non-hydrogen) atoms. The second-order valence-electron chi connectivity index (χ2n) is 8.08. The number of fused-ring (bicyclic) bond motifs is 1. The highest BCUT2D eigenvalue weighted by molar-refractivity contribution is 5.83. The predicted molar refractivity (Wildman–Crippen MR) is 122 cm³/mol. The zero-order chi connectivity index (χ0) is 21.2. The van der Waals surface area contributed by atoms with Gasteiger partial charge in [0.05, 0.1) is 0 Å². The third-order valence-electron chi connectivity index (χ3n) is 6.21. The number of halogens is 2. The topological polar surface area (TPSA) is 22.3 Å². The normalized spacial score (nSPS) is 15.0. The summed E-state index contributed by atoms with van der Waals surface area (Å²) in [5.41, 5.74) is 4.80. The Balaban J connectivity index is 1.25. The van der Waals surface area contributed by atoms with E-state index in [1.165, 1.54) is 12.1 Å². The Morgan fingerprint density at radius 3 is 2.35 bits per heavy atom. The van der Waals surface area contributed by atoms with Gasteiger partial charge in [-0.3, -0.25) is 4.90 Å². The van der Waals surface area contributed by atoms with E-state index in [4.69, 9.17) is 0 Å². The maximum atomic E-state index is 14.4. The lowest BCUT2D eigenvalue weighted by Gasteiger charge is -2.37. The van der Waals surface area contributed by atoms with Gasteiger partial charge in [0.2, 0.25) is 0 Å². The number of hydrogen-bond donors (Lipinski definition) is 1. The number of aromatic nitrogens is 1. The van der Waals surface area contributed by atoms with E-state index in [1.54, 1.807) is 18.2 Å². The molecule has 1 aliphatic heterocycles. The van der Waals surface area contributed by atoms with Crippen LogP contribution in [0.25, 0.3) is 22.0 Å². The fourth-order valence-electron chi connectivity index (χ4n) is 4.51. The fourth-order valence-corrected chi connectivity index (χ4v) is 4.51. The summed E-state index contributed by atoms with van der Waals surface area (Å²) in [5.74, 6) is -0.390. The van der Waals surface area contributed by atoms with Gasteiger partial charge in [0.25, 0.3) is 0 Å². The highest BCUT2D eigenvalue weighted by Crippen LogP contribution is 2.33. The first-order chi connectivity index (χ1) is 15.2. The van der Waals surface area contributed by atoms with Crippen LogP contribution in [0.4, 0.5) is 14.5 Å². The summed E-state index contributed by atoms with van der Waals surface area (Å²) in [4.78, 5) is 8.03. The van der Waals surface area contributed by atoms with E-state index in [9.17, 15) is 8.78 Å². The van der Waals surface area contributed by atoms with Gasteiger partial charge < -0.3 is 9.88 Å². The summed E-state index contributed by atoms with van der Waals surface area (Å²) < 4.78 is 28.0. The molecule has 1 aliphatic rings. The minimum Gasteiger partial charge on any atom is -0.368 e. The number of anilines is 1. The van der Waals surface area contributed by atoms with Crippen molar-refractivity contribution < 1.29 is 8.78 Å². The molecule has 0 amide bonds. The van der Waals surface area contributed by atoms with Crippen LogP contribution in [0.1, 0.15) is 5.56 Å². The van der Waals surface area contributed by atoms with Gasteiger partial charge in [-0.15, -0.1) is 0 Å². The maximum Gasteiger partial charge on any atom is 0.131 e. The average molecular weight is 418 g/mol. The predicted octanol–water partition coefficient (Wildman–Crippen LogP) is 5.48. The molecule has 0 spiro atoms. The van der Waals surface area contributed by atoms with Crippen LogP contribution in [0.5, 0.6) is 0 Å². The lowest BCUT2D eigenvalue weighted by molar-refractivity contribution is 0.261. The van der Waals surface area contributed by atoms with Gasteiger partial charge in [-0.05, 0) is 42.3 Å². The largest absolute Gasteiger partial charge is 0.368 e. The summed E-state index contributed by atoms with van der Waals surface area (Å²) in [6.07, 6.45) is 2.88. The number of nitrogens with zero attached hydrogens (tertiary/aromatic N) is 2. The van der Waals surface area contributed by atoms with Gasteiger partial charge in [0.1, 0.15) is 11.6 Å². The van der Waals surface area contributed by atoms with E-state index in [1.807, 2.05) is 36.5 Å². The van der Waals surface area contributed by atoms with Crippen LogP contribution in [-0.4, -0.2) is 42.6 Å². The van der Waals surface area contributed by atoms with Crippen molar-refractivity contribution in [2.75, 3.05) is 37.6 Å². The Bertz CT molecular complexity index is 1190. The third kappa shape index (κ3) is 4.06. The Morgan fingerprint density at radius 2 is 1.55 bits per heavy atom. The van der Waals surface area contributed by atoms with Gasteiger partial charge in [-0.2, -0.15) is 0 Å². The van der Waals surface area contributed by atoms with E-state index < -0.39 is 0 Å². The molecule has 1 fully saturated rings. The Labute approximate surface area is 180 Å². The van der Waals surface area contributed by atoms with Crippen molar-refractivity contribution >= 4 is 16.6 Å². The molecule has 3 nitrogen and oxygen atoms in total. The van der Waals surface area contributed by atoms with Crippen LogP contribution in [0, 0.1) is 11.6 Å². The number of piperazine rings is 1. The maximum absolute atomic E-state index is 14.4. The standard InChI is InChI=1S/C26H25F2N3/c27-20-9-10-25-23(17-20)19(18-29-25)11-12-30-13-15-31(16-14-30)26-8-4-2-6-22(26)21-5-1-3-7-24(21)28/h1-10,17-18,29H,11-16H2. The van der Waals surface area contributed by atoms with Crippen LogP contribution in [0.15, 0.2) is 72.9 Å². The fraction of sp³-hybridized carbons (Fsp3) is 0.231. The molecule has 0 aliphatic carbocycles. The molecule has 5 heteroatoms. The molecule has 158 valence electrons. The van der Waals surface area contributed by atoms with Crippen molar-refractivity contribution in [2.45, 2.75) is 6.42 Å². The number of H-pyrrole nitrogens is 1. The minimum absolute atomic E-state index is 0.191. The summed E-state index contributed by atoms with van der Waals surface area (Å²) in [6, 6.07) is 19.9. The summed E-state index contributed by atoms with van der Waals surface area (Å²) >= 11 is 0. The summed E-state index contributed by atoms with van der Waals surface area (Å²) in [5, 5.41) is 0.970. The van der Waals surface area contributed by atoms with E-state index in [0.717, 1.165) is 66.9 Å². The molecule has 0 saturated carbocycles. The molecule has 0 atom stereocenters. The van der Waals surface area contributed by atoms with Gasteiger partial charge in [0.15, 0.2) is 0 Å². The Kier molecular flexibility index (Phi) is 5.43.